The molecule has 0 bridgehead atoms. The van der Waals surface area contributed by atoms with Gasteiger partial charge in [0, 0.05) is 31.6 Å². The van der Waals surface area contributed by atoms with Crippen LogP contribution in [-0.2, 0) is 23.8 Å². The molecule has 4 fully saturated rings. The Labute approximate surface area is 205 Å². The lowest BCUT2D eigenvalue weighted by Gasteiger charge is -2.55. The first-order chi connectivity index (χ1) is 16.2. The number of esters is 1. The normalized spacial score (nSPS) is 48.5. The second kappa shape index (κ2) is 9.03. The van der Waals surface area contributed by atoms with Crippen molar-refractivity contribution in [2.45, 2.75) is 110 Å². The number of hydrogen-bond donors (Lipinski definition) is 0. The average molecular weight is 473 g/mol. The molecule has 34 heavy (non-hydrogen) atoms. The van der Waals surface area contributed by atoms with Crippen LogP contribution in [0.15, 0.2) is 11.1 Å². The summed E-state index contributed by atoms with van der Waals surface area (Å²) in [7, 11) is 0. The van der Waals surface area contributed by atoms with Crippen molar-refractivity contribution in [1.82, 2.24) is 0 Å². The maximum atomic E-state index is 11.9. The standard InChI is InChI=1S/C29H44O5/c1-17-8-12-29(32-16-17)19(3)27-18(2)24(15-26(27)34-29)23-7-6-21-14-22(33-20(4)31)9-11-28(21,5)25(23)10-13-30/h13,17,19,21-23,25-27H,6-12,14-16H2,1-5H3/t17-,19+,21+,22+,23+,25+,26+,27+,28+,29-/m1/s1. The fourth-order valence-corrected chi connectivity index (χ4v) is 8.88. The lowest BCUT2D eigenvalue weighted by molar-refractivity contribution is -0.269. The first kappa shape index (κ1) is 24.5. The third-order valence-corrected chi connectivity index (χ3v) is 10.8. The Hall–Kier alpha value is -1.20. The van der Waals surface area contributed by atoms with Crippen LogP contribution in [0.1, 0.15) is 92.4 Å². The van der Waals surface area contributed by atoms with Gasteiger partial charge in [0.05, 0.1) is 12.7 Å². The Morgan fingerprint density at radius 3 is 2.62 bits per heavy atom. The molecule has 3 aliphatic carbocycles. The molecule has 190 valence electrons. The van der Waals surface area contributed by atoms with Gasteiger partial charge in [-0.2, -0.15) is 0 Å². The molecule has 10 atom stereocenters. The minimum absolute atomic E-state index is 0.0412. The third-order valence-electron chi connectivity index (χ3n) is 10.8. The van der Waals surface area contributed by atoms with E-state index in [0.717, 1.165) is 57.8 Å². The quantitative estimate of drug-likeness (QED) is 0.292. The van der Waals surface area contributed by atoms with Crippen molar-refractivity contribution in [3.8, 4) is 0 Å². The van der Waals surface area contributed by atoms with E-state index >= 15 is 0 Å². The van der Waals surface area contributed by atoms with E-state index in [-0.39, 0.29) is 23.6 Å². The molecule has 0 aromatic carbocycles. The molecule has 5 heteroatoms. The van der Waals surface area contributed by atoms with Crippen molar-refractivity contribution in [3.05, 3.63) is 11.1 Å². The van der Waals surface area contributed by atoms with Crippen LogP contribution in [0.25, 0.3) is 0 Å². The second-order valence-electron chi connectivity index (χ2n) is 12.6. The molecule has 1 spiro atoms. The van der Waals surface area contributed by atoms with E-state index in [1.54, 1.807) is 5.57 Å². The molecule has 0 aromatic heterocycles. The highest BCUT2D eigenvalue weighted by Crippen LogP contribution is 2.62. The first-order valence-electron chi connectivity index (χ1n) is 13.8. The molecule has 2 saturated heterocycles. The zero-order valence-electron chi connectivity index (χ0n) is 21.8. The summed E-state index contributed by atoms with van der Waals surface area (Å²) in [4.78, 5) is 23.4. The zero-order chi connectivity index (χ0) is 24.3. The van der Waals surface area contributed by atoms with E-state index in [4.69, 9.17) is 14.2 Å². The van der Waals surface area contributed by atoms with Crippen molar-refractivity contribution in [2.24, 2.45) is 40.9 Å². The van der Waals surface area contributed by atoms with Gasteiger partial charge in [0.2, 0.25) is 0 Å². The predicted molar refractivity (Wildman–Crippen MR) is 130 cm³/mol. The van der Waals surface area contributed by atoms with Gasteiger partial charge in [0.25, 0.3) is 0 Å². The summed E-state index contributed by atoms with van der Waals surface area (Å²) in [6.07, 6.45) is 10.4. The molecular formula is C29H44O5. The van der Waals surface area contributed by atoms with Crippen molar-refractivity contribution in [2.75, 3.05) is 6.61 Å². The van der Waals surface area contributed by atoms with Crippen molar-refractivity contribution in [1.29, 1.82) is 0 Å². The van der Waals surface area contributed by atoms with Gasteiger partial charge in [-0.15, -0.1) is 0 Å². The summed E-state index contributed by atoms with van der Waals surface area (Å²) >= 11 is 0. The highest BCUT2D eigenvalue weighted by Gasteiger charge is 2.59. The predicted octanol–water partition coefficient (Wildman–Crippen LogP) is 5.85. The van der Waals surface area contributed by atoms with E-state index < -0.39 is 5.79 Å². The molecule has 5 aliphatic rings. The van der Waals surface area contributed by atoms with Gasteiger partial charge in [0.1, 0.15) is 12.4 Å². The van der Waals surface area contributed by atoms with Crippen LogP contribution in [-0.4, -0.2) is 36.9 Å². The van der Waals surface area contributed by atoms with Gasteiger partial charge in [0.15, 0.2) is 5.79 Å². The van der Waals surface area contributed by atoms with Gasteiger partial charge < -0.3 is 19.0 Å². The van der Waals surface area contributed by atoms with E-state index in [1.165, 1.54) is 18.9 Å². The maximum absolute atomic E-state index is 11.9. The second-order valence-corrected chi connectivity index (χ2v) is 12.6. The largest absolute Gasteiger partial charge is 0.463 e. The molecule has 0 aromatic rings. The Balaban J connectivity index is 1.37. The van der Waals surface area contributed by atoms with Crippen LogP contribution in [0.5, 0.6) is 0 Å². The molecule has 5 nitrogen and oxygen atoms in total. The van der Waals surface area contributed by atoms with Crippen LogP contribution < -0.4 is 0 Å². The van der Waals surface area contributed by atoms with Crippen molar-refractivity contribution >= 4 is 12.3 Å². The van der Waals surface area contributed by atoms with Crippen LogP contribution in [0.2, 0.25) is 0 Å². The average Bonchev–Trinajstić information content (AvgIpc) is 3.24. The SMILES string of the molecule is CC(=O)O[C@H]1CC[C@@]2(C)[C@@H](CC[C@@H](C3=C(C)[C@@H]4[C@H](C3)O[C@]3(CC[C@@H](C)CO3)[C@H]4C)[C@@H]2CC=O)C1. The monoisotopic (exact) mass is 472 g/mol. The van der Waals surface area contributed by atoms with E-state index in [9.17, 15) is 9.59 Å². The molecule has 0 amide bonds. The van der Waals surface area contributed by atoms with E-state index in [0.29, 0.717) is 41.9 Å². The highest BCUT2D eigenvalue weighted by molar-refractivity contribution is 5.66. The van der Waals surface area contributed by atoms with Crippen molar-refractivity contribution in [3.63, 3.8) is 0 Å². The lowest BCUT2D eigenvalue weighted by Crippen LogP contribution is -2.49. The number of carbonyl (C=O) groups is 2. The molecule has 5 rings (SSSR count). The Morgan fingerprint density at radius 1 is 1.18 bits per heavy atom. The maximum Gasteiger partial charge on any atom is 0.302 e. The van der Waals surface area contributed by atoms with E-state index in [1.807, 2.05) is 0 Å². The summed E-state index contributed by atoms with van der Waals surface area (Å²) in [5.74, 6) is 2.20. The minimum atomic E-state index is -0.393. The molecule has 0 radical (unpaired) electrons. The Morgan fingerprint density at radius 2 is 1.97 bits per heavy atom. The number of rotatable bonds is 4. The Bertz CT molecular complexity index is 839. The summed E-state index contributed by atoms with van der Waals surface area (Å²) < 4.78 is 18.7. The van der Waals surface area contributed by atoms with Gasteiger partial charge in [-0.05, 0) is 81.0 Å². The molecule has 2 aliphatic heterocycles. The van der Waals surface area contributed by atoms with Gasteiger partial charge >= 0.3 is 5.97 Å². The fourth-order valence-electron chi connectivity index (χ4n) is 8.88. The lowest BCUT2D eigenvalue weighted by atomic mass is 9.50. The zero-order valence-corrected chi connectivity index (χ0v) is 21.8. The van der Waals surface area contributed by atoms with Gasteiger partial charge in [-0.25, -0.2) is 0 Å². The number of hydrogen-bond acceptors (Lipinski definition) is 5. The van der Waals surface area contributed by atoms with Crippen LogP contribution in [0.4, 0.5) is 0 Å². The van der Waals surface area contributed by atoms with Crippen LogP contribution in [0.3, 0.4) is 0 Å². The van der Waals surface area contributed by atoms with Crippen LogP contribution >= 0.6 is 0 Å². The van der Waals surface area contributed by atoms with Crippen molar-refractivity contribution < 1.29 is 23.8 Å². The number of aldehydes is 1. The van der Waals surface area contributed by atoms with Crippen LogP contribution in [0, 0.1) is 40.9 Å². The summed E-state index contributed by atoms with van der Waals surface area (Å²) in [5.41, 5.74) is 3.23. The topological polar surface area (TPSA) is 61.8 Å². The molecule has 2 saturated carbocycles. The van der Waals surface area contributed by atoms with E-state index in [2.05, 4.69) is 27.7 Å². The smallest absolute Gasteiger partial charge is 0.302 e. The molecule has 0 unspecified atom stereocenters. The summed E-state index contributed by atoms with van der Waals surface area (Å²) in [5, 5.41) is 0. The number of carbonyl (C=O) groups excluding carboxylic acids is 2. The Kier molecular flexibility index (Phi) is 6.50. The van der Waals surface area contributed by atoms with Gasteiger partial charge in [-0.3, -0.25) is 4.79 Å². The fraction of sp³-hybridized carbons (Fsp3) is 0.862. The number of ether oxygens (including phenoxy) is 3. The molecular weight excluding hydrogens is 428 g/mol. The van der Waals surface area contributed by atoms with Gasteiger partial charge in [-0.1, -0.05) is 31.9 Å². The highest BCUT2D eigenvalue weighted by atomic mass is 16.7. The molecule has 0 N–H and O–H groups in total. The third kappa shape index (κ3) is 3.89. The first-order valence-corrected chi connectivity index (χ1v) is 13.8. The summed E-state index contributed by atoms with van der Waals surface area (Å²) in [6.45, 7) is 11.7. The summed E-state index contributed by atoms with van der Waals surface area (Å²) in [6, 6.07) is 0. The number of fused-ring (bicyclic) bond motifs is 2. The molecule has 2 heterocycles. The minimum Gasteiger partial charge on any atom is -0.463 e.